The van der Waals surface area contributed by atoms with Crippen molar-refractivity contribution in [1.82, 2.24) is 9.78 Å². The molecule has 26 heavy (non-hydrogen) atoms. The molecule has 0 bridgehead atoms. The highest BCUT2D eigenvalue weighted by Gasteiger charge is 2.19. The fourth-order valence-electron chi connectivity index (χ4n) is 2.81. The average molecular weight is 351 g/mol. The zero-order valence-corrected chi connectivity index (χ0v) is 14.7. The molecule has 3 rings (SSSR count). The number of rotatable bonds is 4. The van der Waals surface area contributed by atoms with E-state index in [1.165, 1.54) is 19.1 Å². The molecule has 1 heterocycles. The van der Waals surface area contributed by atoms with Crippen LogP contribution in [0.3, 0.4) is 0 Å². The molecule has 0 aliphatic rings. The molecule has 0 saturated carbocycles. The Morgan fingerprint density at radius 2 is 1.77 bits per heavy atom. The lowest BCUT2D eigenvalue weighted by atomic mass is 10.1. The third-order valence-electron chi connectivity index (χ3n) is 4.12. The van der Waals surface area contributed by atoms with Crippen molar-refractivity contribution < 1.29 is 14.0 Å². The van der Waals surface area contributed by atoms with Crippen LogP contribution >= 0.6 is 0 Å². The van der Waals surface area contributed by atoms with Crippen molar-refractivity contribution in [2.75, 3.05) is 5.32 Å². The summed E-state index contributed by atoms with van der Waals surface area (Å²) < 4.78 is 14.7. The number of carbonyl (C=O) groups is 2. The fraction of sp³-hybridized carbons (Fsp3) is 0.150. The average Bonchev–Trinajstić information content (AvgIpc) is 2.90. The lowest BCUT2D eigenvalue weighted by Gasteiger charge is -2.08. The van der Waals surface area contributed by atoms with Crippen LogP contribution in [0.2, 0.25) is 0 Å². The number of carbonyl (C=O) groups excluding carboxylic acids is 2. The second kappa shape index (κ2) is 6.92. The van der Waals surface area contributed by atoms with E-state index in [1.54, 1.807) is 54.9 Å². The number of hydrogen-bond acceptors (Lipinski definition) is 3. The molecule has 5 nitrogen and oxygen atoms in total. The molecule has 0 fully saturated rings. The summed E-state index contributed by atoms with van der Waals surface area (Å²) in [6.07, 6.45) is 0. The summed E-state index contributed by atoms with van der Waals surface area (Å²) in [7, 11) is 0. The van der Waals surface area contributed by atoms with Crippen molar-refractivity contribution in [3.8, 4) is 5.69 Å². The van der Waals surface area contributed by atoms with E-state index >= 15 is 0 Å². The van der Waals surface area contributed by atoms with E-state index < -0.39 is 0 Å². The minimum Gasteiger partial charge on any atom is -0.322 e. The van der Waals surface area contributed by atoms with E-state index in [2.05, 4.69) is 10.4 Å². The maximum absolute atomic E-state index is 13.1. The number of amides is 1. The first kappa shape index (κ1) is 17.5. The highest BCUT2D eigenvalue weighted by Crippen LogP contribution is 2.20. The van der Waals surface area contributed by atoms with Crippen molar-refractivity contribution >= 4 is 17.4 Å². The van der Waals surface area contributed by atoms with Gasteiger partial charge in [0.25, 0.3) is 5.91 Å². The molecule has 0 spiro atoms. The highest BCUT2D eigenvalue weighted by molar-refractivity contribution is 6.06. The van der Waals surface area contributed by atoms with Crippen LogP contribution in [0.15, 0.2) is 48.5 Å². The van der Waals surface area contributed by atoms with Gasteiger partial charge in [-0.1, -0.05) is 12.1 Å². The van der Waals surface area contributed by atoms with Crippen LogP contribution in [0, 0.1) is 19.7 Å². The van der Waals surface area contributed by atoms with Gasteiger partial charge >= 0.3 is 0 Å². The summed E-state index contributed by atoms with van der Waals surface area (Å²) >= 11 is 0. The Morgan fingerprint density at radius 1 is 1.08 bits per heavy atom. The zero-order chi connectivity index (χ0) is 18.8. The summed E-state index contributed by atoms with van der Waals surface area (Å²) in [5.74, 6) is -0.717. The van der Waals surface area contributed by atoms with Crippen LogP contribution in [0.1, 0.15) is 39.0 Å². The molecule has 2 aromatic carbocycles. The van der Waals surface area contributed by atoms with Crippen LogP contribution in [0.4, 0.5) is 10.1 Å². The number of ketones is 1. The SMILES string of the molecule is CC(=O)c1cccc(NC(=O)c2c(C)nn(-c3ccc(F)cc3)c2C)c1. The summed E-state index contributed by atoms with van der Waals surface area (Å²) in [6.45, 7) is 5.00. The number of anilines is 1. The molecule has 0 atom stereocenters. The van der Waals surface area contributed by atoms with Crippen LogP contribution in [-0.4, -0.2) is 21.5 Å². The van der Waals surface area contributed by atoms with Gasteiger partial charge in [-0.3, -0.25) is 9.59 Å². The molecule has 0 saturated heterocycles. The van der Waals surface area contributed by atoms with Gasteiger partial charge in [-0.05, 0) is 57.2 Å². The molecule has 1 aromatic heterocycles. The molecule has 0 aliphatic carbocycles. The van der Waals surface area contributed by atoms with Gasteiger partial charge in [-0.2, -0.15) is 5.10 Å². The van der Waals surface area contributed by atoms with Crippen molar-refractivity contribution in [1.29, 1.82) is 0 Å². The molecule has 6 heteroatoms. The van der Waals surface area contributed by atoms with Crippen LogP contribution in [0.5, 0.6) is 0 Å². The Balaban J connectivity index is 1.92. The highest BCUT2D eigenvalue weighted by atomic mass is 19.1. The first-order valence-electron chi connectivity index (χ1n) is 8.11. The maximum atomic E-state index is 13.1. The number of nitrogens with zero attached hydrogens (tertiary/aromatic N) is 2. The number of aromatic nitrogens is 2. The van der Waals surface area contributed by atoms with Gasteiger partial charge in [-0.15, -0.1) is 0 Å². The van der Waals surface area contributed by atoms with E-state index in [0.717, 1.165) is 0 Å². The van der Waals surface area contributed by atoms with Crippen LogP contribution in [0.25, 0.3) is 5.69 Å². The Bertz CT molecular complexity index is 991. The summed E-state index contributed by atoms with van der Waals surface area (Å²) in [4.78, 5) is 24.2. The maximum Gasteiger partial charge on any atom is 0.259 e. The first-order valence-corrected chi connectivity index (χ1v) is 8.11. The van der Waals surface area contributed by atoms with E-state index in [4.69, 9.17) is 0 Å². The minimum atomic E-state index is -0.335. The number of hydrogen-bond donors (Lipinski definition) is 1. The summed E-state index contributed by atoms with van der Waals surface area (Å²) in [5.41, 5.74) is 3.39. The smallest absolute Gasteiger partial charge is 0.259 e. The van der Waals surface area contributed by atoms with Gasteiger partial charge in [0, 0.05) is 11.3 Å². The monoisotopic (exact) mass is 351 g/mol. The fourth-order valence-corrected chi connectivity index (χ4v) is 2.81. The van der Waals surface area contributed by atoms with E-state index in [0.29, 0.717) is 33.9 Å². The molecule has 132 valence electrons. The Hall–Kier alpha value is -3.28. The van der Waals surface area contributed by atoms with E-state index in [1.807, 2.05) is 0 Å². The van der Waals surface area contributed by atoms with Gasteiger partial charge < -0.3 is 5.32 Å². The Morgan fingerprint density at radius 3 is 2.42 bits per heavy atom. The third kappa shape index (κ3) is 3.39. The van der Waals surface area contributed by atoms with Crippen molar-refractivity contribution in [2.45, 2.75) is 20.8 Å². The molecular formula is C20H18FN3O2. The normalized spacial score (nSPS) is 10.6. The number of nitrogens with one attached hydrogen (secondary N) is 1. The lowest BCUT2D eigenvalue weighted by Crippen LogP contribution is -2.14. The molecule has 0 radical (unpaired) electrons. The molecular weight excluding hydrogens is 333 g/mol. The summed E-state index contributed by atoms with van der Waals surface area (Å²) in [6, 6.07) is 12.7. The van der Waals surface area contributed by atoms with E-state index in [9.17, 15) is 14.0 Å². The molecule has 3 aromatic rings. The predicted molar refractivity (Wildman–Crippen MR) is 97.4 cm³/mol. The van der Waals surface area contributed by atoms with Crippen LogP contribution in [-0.2, 0) is 0 Å². The molecule has 0 unspecified atom stereocenters. The van der Waals surface area contributed by atoms with Crippen LogP contribution < -0.4 is 5.32 Å². The predicted octanol–water partition coefficient (Wildman–Crippen LogP) is 4.08. The first-order chi connectivity index (χ1) is 12.4. The van der Waals surface area contributed by atoms with Gasteiger partial charge in [0.05, 0.1) is 22.6 Å². The van der Waals surface area contributed by atoms with Gasteiger partial charge in [0.2, 0.25) is 0 Å². The molecule has 1 amide bonds. The Kier molecular flexibility index (Phi) is 4.67. The lowest BCUT2D eigenvalue weighted by molar-refractivity contribution is 0.101. The minimum absolute atomic E-state index is 0.0717. The van der Waals surface area contributed by atoms with Crippen molar-refractivity contribution in [3.63, 3.8) is 0 Å². The number of halogens is 1. The zero-order valence-electron chi connectivity index (χ0n) is 14.7. The number of aryl methyl sites for hydroxylation is 1. The Labute approximate surface area is 150 Å². The van der Waals surface area contributed by atoms with Gasteiger partial charge in [0.15, 0.2) is 5.78 Å². The number of Topliss-reactive ketones (excluding diaryl/α,β-unsaturated/α-hetero) is 1. The quantitative estimate of drug-likeness (QED) is 0.720. The second-order valence-electron chi connectivity index (χ2n) is 6.03. The molecule has 1 N–H and O–H groups in total. The third-order valence-corrected chi connectivity index (χ3v) is 4.12. The topological polar surface area (TPSA) is 64.0 Å². The second-order valence-corrected chi connectivity index (χ2v) is 6.03. The van der Waals surface area contributed by atoms with Gasteiger partial charge in [0.1, 0.15) is 5.82 Å². The summed E-state index contributed by atoms with van der Waals surface area (Å²) in [5, 5.41) is 7.20. The van der Waals surface area contributed by atoms with E-state index in [-0.39, 0.29) is 17.5 Å². The largest absolute Gasteiger partial charge is 0.322 e. The van der Waals surface area contributed by atoms with Gasteiger partial charge in [-0.25, -0.2) is 9.07 Å². The number of benzene rings is 2. The standard InChI is InChI=1S/C20H18FN3O2/c1-12-19(13(2)24(23-12)18-9-7-16(21)8-10-18)20(26)22-17-6-4-5-15(11-17)14(3)25/h4-11H,1-3H3,(H,22,26). The molecule has 0 aliphatic heterocycles. The van der Waals surface area contributed by atoms with Crippen molar-refractivity contribution in [3.05, 3.63) is 76.9 Å². The van der Waals surface area contributed by atoms with Crippen molar-refractivity contribution in [2.24, 2.45) is 0 Å².